The third-order valence-electron chi connectivity index (χ3n) is 16.9. The van der Waals surface area contributed by atoms with Gasteiger partial charge in [0.15, 0.2) is 27.0 Å². The molecule has 0 spiro atoms. The quantitative estimate of drug-likeness (QED) is 0.0269. The second-order valence-corrected chi connectivity index (χ2v) is 40.1. The van der Waals surface area contributed by atoms with Crippen molar-refractivity contribution in [3.8, 4) is 6.07 Å². The Kier molecular flexibility index (Phi) is 17.7. The van der Waals surface area contributed by atoms with E-state index in [9.17, 15) is 29.1 Å². The summed E-state index contributed by atoms with van der Waals surface area (Å²) in [7, 11) is 2.96. The van der Waals surface area contributed by atoms with Crippen molar-refractivity contribution in [2.24, 2.45) is 26.1 Å². The van der Waals surface area contributed by atoms with Gasteiger partial charge in [0.2, 0.25) is 5.01 Å². The highest BCUT2D eigenvalue weighted by atomic mass is 32.1. The van der Waals surface area contributed by atoms with Crippen LogP contribution in [0.25, 0.3) is 85.6 Å². The number of carbonyl (C=O) groups excluding carboxylic acids is 1. The Bertz CT molecular complexity index is 5720. The average molecular weight is 1400 g/mol. The van der Waals surface area contributed by atoms with E-state index in [4.69, 9.17) is 19.9 Å². The maximum absolute atomic E-state index is 13.3. The zero-order valence-corrected chi connectivity index (χ0v) is 58.6. The van der Waals surface area contributed by atoms with Crippen LogP contribution < -0.4 is 22.2 Å². The molecule has 0 saturated heterocycles. The second-order valence-electron chi connectivity index (χ2n) is 25.8. The number of hydrogen-bond donors (Lipinski definition) is 4. The number of aromatic nitrogens is 16. The molecular formula is C64H65N19O9S3Si2. The summed E-state index contributed by atoms with van der Waals surface area (Å²) in [6, 6.07) is 22.0. The van der Waals surface area contributed by atoms with Crippen molar-refractivity contribution in [2.45, 2.75) is 83.8 Å². The second kappa shape index (κ2) is 26.2. The van der Waals surface area contributed by atoms with Crippen LogP contribution in [-0.4, -0.2) is 142 Å². The van der Waals surface area contributed by atoms with Crippen LogP contribution in [-0.2, 0) is 57.0 Å². The van der Waals surface area contributed by atoms with Gasteiger partial charge in [-0.2, -0.15) is 30.8 Å². The summed E-state index contributed by atoms with van der Waals surface area (Å²) in [6.07, 6.45) is 10.3. The minimum atomic E-state index is -1.14. The fourth-order valence-electron chi connectivity index (χ4n) is 11.7. The topological polar surface area (TPSA) is 346 Å². The number of ether oxygens (including phenoxy) is 2. The van der Waals surface area contributed by atoms with Crippen molar-refractivity contribution in [1.82, 2.24) is 83.5 Å². The minimum absolute atomic E-state index is 0.00479. The van der Waals surface area contributed by atoms with Crippen LogP contribution in [0.1, 0.15) is 58.5 Å². The molecule has 0 fully saturated rings. The molecule has 0 saturated carbocycles. The van der Waals surface area contributed by atoms with Crippen LogP contribution in [0.5, 0.6) is 0 Å². The fourth-order valence-corrected chi connectivity index (χ4v) is 16.1. The van der Waals surface area contributed by atoms with Crippen molar-refractivity contribution < 1.29 is 29.4 Å². The number of nitriles is 1. The number of hydroxylamine groups is 1. The van der Waals surface area contributed by atoms with E-state index >= 15 is 0 Å². The molecule has 1 unspecified atom stereocenters. The van der Waals surface area contributed by atoms with E-state index in [0.29, 0.717) is 91.6 Å². The highest BCUT2D eigenvalue weighted by molar-refractivity contribution is 7.21. The number of nitrogens with one attached hydrogen (secondary N) is 2. The Morgan fingerprint density at radius 2 is 1.11 bits per heavy atom. The van der Waals surface area contributed by atoms with E-state index in [0.717, 1.165) is 108 Å². The van der Waals surface area contributed by atoms with Gasteiger partial charge >= 0.3 is 11.9 Å². The molecule has 97 heavy (non-hydrogen) atoms. The summed E-state index contributed by atoms with van der Waals surface area (Å²) in [5.74, 6) is -1.77. The minimum Gasteiger partial charge on any atom is -0.476 e. The number of amides is 1. The molecular weight excluding hydrogens is 1330 g/mol. The molecule has 496 valence electrons. The number of fused-ring (bicyclic) bond motifs is 12. The number of thiazole rings is 3. The smallest absolute Gasteiger partial charge is 0.365 e. The van der Waals surface area contributed by atoms with Crippen LogP contribution in [0.4, 0.5) is 0 Å². The van der Waals surface area contributed by atoms with E-state index < -0.39 is 28.0 Å². The zero-order chi connectivity index (χ0) is 68.4. The van der Waals surface area contributed by atoms with E-state index in [1.54, 1.807) is 65.1 Å². The summed E-state index contributed by atoms with van der Waals surface area (Å²) in [5, 5.41) is 56.2. The molecule has 1 aliphatic rings. The monoisotopic (exact) mass is 1400 g/mol. The van der Waals surface area contributed by atoms with Crippen molar-refractivity contribution >= 4 is 154 Å². The van der Waals surface area contributed by atoms with E-state index in [1.807, 2.05) is 65.6 Å². The SMILES string of the molecule is Cn1c2nc(C#N)sc2c2cnn(Cc3cccc4c3cnn4COCC[Si](C)(C)C)c(=O)c21.Cn1c2nc(C(=O)NO)sc2c2cnn(Cc3cccc4[nH]ncc34)c(=O)c21.Cn1c2nc(C(=O)O)sc2c2cnn(Cc3cccc4c3C=NC4COCC[Si](C)(C)C)c(=O)c21. The lowest BCUT2D eigenvalue weighted by molar-refractivity contribution is 0.0693. The summed E-state index contributed by atoms with van der Waals surface area (Å²) >= 11 is 3.43. The molecule has 33 heteroatoms. The number of nitrogens with zero attached hydrogens (tertiary/aromatic N) is 17. The summed E-state index contributed by atoms with van der Waals surface area (Å²) in [4.78, 5) is 80.1. The number of benzene rings is 3. The molecule has 15 rings (SSSR count). The van der Waals surface area contributed by atoms with Crippen LogP contribution in [0.3, 0.4) is 0 Å². The van der Waals surface area contributed by atoms with Crippen LogP contribution >= 0.6 is 34.0 Å². The summed E-state index contributed by atoms with van der Waals surface area (Å²) in [6.45, 7) is 17.4. The Labute approximate surface area is 563 Å². The maximum Gasteiger partial charge on any atom is 0.365 e. The normalized spacial score (nSPS) is 13.2. The first-order chi connectivity index (χ1) is 46.5. The van der Waals surface area contributed by atoms with Gasteiger partial charge in [-0.25, -0.2) is 44.0 Å². The summed E-state index contributed by atoms with van der Waals surface area (Å²) < 4.78 is 25.2. The van der Waals surface area contributed by atoms with E-state index in [-0.39, 0.29) is 32.7 Å². The van der Waals surface area contributed by atoms with Gasteiger partial charge < -0.3 is 28.3 Å². The van der Waals surface area contributed by atoms with Crippen molar-refractivity contribution in [3.05, 3.63) is 159 Å². The van der Waals surface area contributed by atoms with Gasteiger partial charge in [0, 0.05) is 89.2 Å². The van der Waals surface area contributed by atoms with Crippen LogP contribution in [0.2, 0.25) is 51.4 Å². The lowest BCUT2D eigenvalue weighted by Crippen LogP contribution is -2.25. The molecule has 3 aromatic carbocycles. The molecule has 4 N–H and O–H groups in total. The lowest BCUT2D eigenvalue weighted by Gasteiger charge is -2.17. The van der Waals surface area contributed by atoms with Crippen LogP contribution in [0, 0.1) is 11.3 Å². The molecule has 11 aromatic heterocycles. The largest absolute Gasteiger partial charge is 0.476 e. The highest BCUT2D eigenvalue weighted by Crippen LogP contribution is 2.35. The number of rotatable bonds is 18. The molecule has 28 nitrogen and oxygen atoms in total. The molecule has 0 bridgehead atoms. The van der Waals surface area contributed by atoms with Gasteiger partial charge in [-0.05, 0) is 46.5 Å². The fraction of sp³-hybridized carbons (Fsp3) is 0.297. The van der Waals surface area contributed by atoms with Gasteiger partial charge in [-0.15, -0.1) is 34.0 Å². The molecule has 1 amide bonds. The average Bonchev–Trinajstić information content (AvgIpc) is 1.60. The zero-order valence-electron chi connectivity index (χ0n) is 54.2. The first-order valence-electron chi connectivity index (χ1n) is 30.8. The van der Waals surface area contributed by atoms with Gasteiger partial charge in [-0.3, -0.25) is 34.5 Å². The molecule has 0 radical (unpaired) electrons. The summed E-state index contributed by atoms with van der Waals surface area (Å²) in [5.41, 5.74) is 10.8. The first kappa shape index (κ1) is 65.6. The molecule has 12 heterocycles. The molecule has 1 atom stereocenters. The van der Waals surface area contributed by atoms with Gasteiger partial charge in [-0.1, -0.05) is 81.7 Å². The Hall–Kier alpha value is -10.1. The lowest BCUT2D eigenvalue weighted by atomic mass is 9.99. The predicted octanol–water partition coefficient (Wildman–Crippen LogP) is 9.23. The van der Waals surface area contributed by atoms with Gasteiger partial charge in [0.1, 0.15) is 29.4 Å². The number of carboxylic acids is 1. The third kappa shape index (κ3) is 12.6. The maximum atomic E-state index is 13.3. The number of aromatic carboxylic acids is 1. The van der Waals surface area contributed by atoms with Gasteiger partial charge in [0.25, 0.3) is 16.7 Å². The van der Waals surface area contributed by atoms with Crippen molar-refractivity contribution in [2.75, 3.05) is 19.8 Å². The molecule has 1 aliphatic heterocycles. The molecule has 0 aliphatic carbocycles. The van der Waals surface area contributed by atoms with Crippen molar-refractivity contribution in [1.29, 1.82) is 5.26 Å². The molecule has 14 aromatic rings. The number of hydrogen-bond acceptors (Lipinski definition) is 21. The number of H-pyrrole nitrogens is 1. The first-order valence-corrected chi connectivity index (χ1v) is 40.6. The van der Waals surface area contributed by atoms with Crippen molar-refractivity contribution in [3.63, 3.8) is 0 Å². The number of aliphatic imine (C=N–C) groups is 1. The Balaban J connectivity index is 0.000000132. The predicted molar refractivity (Wildman–Crippen MR) is 378 cm³/mol. The van der Waals surface area contributed by atoms with E-state index in [1.165, 1.54) is 25.4 Å². The number of carboxylic acid groups (broad SMARTS) is 1. The number of carbonyl (C=O) groups is 2. The van der Waals surface area contributed by atoms with Gasteiger partial charge in [0.05, 0.1) is 88.4 Å². The Morgan fingerprint density at radius 1 is 0.619 bits per heavy atom. The Morgan fingerprint density at radius 3 is 1.69 bits per heavy atom. The number of aryl methyl sites for hydroxylation is 3. The van der Waals surface area contributed by atoms with Crippen LogP contribution in [0.15, 0.2) is 105 Å². The standard InChI is InChI=1S/C24H27N5O4SSi.C23H25N7O2SSi.C17H13N7O3S/c1-28-19-17(20-21(28)27-22(34-20)24(31)32)11-26-29(23(19)30)12-14-6-5-7-15-16(14)10-25-18(15)13-33-8-9-35(2,3)4;1-28-20-17(21-22(28)27-19(10-24)33-21)12-25-29(23(20)31)13-15-6-5-7-18-16(15)11-26-30(18)14-32-8-9-34(2,3)4;1-23-12-10(13-14(23)20-16(28-13)15(25)22-27)6-19-24(17(12)26)7-8-3-2-4-11-9(8)5-18-21-11/h5-7,10-11,18H,8-9,12-13H2,1-4H3,(H,31,32);5-7,11-12H,8-9,13-14H2,1-4H3;2-6,27H,7H2,1H3,(H,18,21)(H,22,25). The highest BCUT2D eigenvalue weighted by Gasteiger charge is 2.27. The number of aromatic amines is 1. The third-order valence-corrected chi connectivity index (χ3v) is 23.5. The van der Waals surface area contributed by atoms with E-state index in [2.05, 4.69) is 102 Å².